The molecule has 0 N–H and O–H groups in total. The van der Waals surface area contributed by atoms with Crippen LogP contribution in [0.5, 0.6) is 0 Å². The van der Waals surface area contributed by atoms with Crippen molar-refractivity contribution in [2.75, 3.05) is 4.90 Å². The Morgan fingerprint density at radius 1 is 0.361 bits per heavy atom. The van der Waals surface area contributed by atoms with Gasteiger partial charge in [-0.1, -0.05) is 147 Å². The SMILES string of the molecule is CC1(C)c2ccccc2-c2ccc(N(c3ccc(-c4ccccc4)cc3)c3c(-c4cccc5c4oc4ccccc45)ccc4c3oc3ccc5oc6ccccc6c5c34)cc21. The van der Waals surface area contributed by atoms with Gasteiger partial charge in [-0.05, 0) is 88.0 Å². The molecule has 3 heterocycles. The molecule has 0 radical (unpaired) electrons. The zero-order chi connectivity index (χ0) is 40.4. The molecular weight excluding hydrogens is 747 g/mol. The molecule has 1 aliphatic rings. The second kappa shape index (κ2) is 12.6. The first kappa shape index (κ1) is 34.1. The number of nitrogens with zero attached hydrogens (tertiary/aromatic N) is 1. The van der Waals surface area contributed by atoms with Crippen LogP contribution in [0.25, 0.3) is 99.2 Å². The van der Waals surface area contributed by atoms with E-state index in [0.29, 0.717) is 0 Å². The predicted octanol–water partition coefficient (Wildman–Crippen LogP) is 16.5. The van der Waals surface area contributed by atoms with Gasteiger partial charge in [-0.3, -0.25) is 0 Å². The van der Waals surface area contributed by atoms with Crippen LogP contribution >= 0.6 is 0 Å². The molecule has 4 nitrogen and oxygen atoms in total. The van der Waals surface area contributed by atoms with E-state index >= 15 is 0 Å². The highest BCUT2D eigenvalue weighted by Crippen LogP contribution is 2.54. The molecule has 0 fully saturated rings. The van der Waals surface area contributed by atoms with Gasteiger partial charge >= 0.3 is 0 Å². The maximum atomic E-state index is 7.23. The topological polar surface area (TPSA) is 42.7 Å². The molecule has 0 atom stereocenters. The summed E-state index contributed by atoms with van der Waals surface area (Å²) >= 11 is 0. The van der Waals surface area contributed by atoms with E-state index in [0.717, 1.165) is 99.6 Å². The lowest BCUT2D eigenvalue weighted by atomic mass is 9.82. The molecule has 0 aliphatic heterocycles. The number of anilines is 3. The molecule has 0 saturated heterocycles. The molecular formula is C57H37NO3. The zero-order valence-electron chi connectivity index (χ0n) is 33.6. The lowest BCUT2D eigenvalue weighted by Crippen LogP contribution is -2.17. The Bertz CT molecular complexity index is 3730. The van der Waals surface area contributed by atoms with E-state index in [1.165, 1.54) is 27.8 Å². The number of rotatable bonds is 5. The quantitative estimate of drug-likeness (QED) is 0.174. The Hall–Kier alpha value is -7.82. The highest BCUT2D eigenvalue weighted by Gasteiger charge is 2.36. The van der Waals surface area contributed by atoms with Crippen molar-refractivity contribution in [3.05, 3.63) is 199 Å². The summed E-state index contributed by atoms with van der Waals surface area (Å²) in [5.41, 5.74) is 17.3. The number of hydrogen-bond acceptors (Lipinski definition) is 4. The van der Waals surface area contributed by atoms with Crippen molar-refractivity contribution < 1.29 is 13.3 Å². The van der Waals surface area contributed by atoms with Gasteiger partial charge in [-0.2, -0.15) is 0 Å². The smallest absolute Gasteiger partial charge is 0.160 e. The molecule has 13 rings (SSSR count). The molecule has 4 heteroatoms. The fraction of sp³-hybridized carbons (Fsp3) is 0.0526. The molecule has 1 aliphatic carbocycles. The van der Waals surface area contributed by atoms with Crippen LogP contribution in [0.1, 0.15) is 25.0 Å². The van der Waals surface area contributed by atoms with Crippen molar-refractivity contribution in [3.63, 3.8) is 0 Å². The monoisotopic (exact) mass is 783 g/mol. The first-order valence-corrected chi connectivity index (χ1v) is 20.9. The predicted molar refractivity (Wildman–Crippen MR) is 251 cm³/mol. The lowest BCUT2D eigenvalue weighted by molar-refractivity contribution is 0.660. The van der Waals surface area contributed by atoms with E-state index in [4.69, 9.17) is 13.3 Å². The van der Waals surface area contributed by atoms with Crippen molar-refractivity contribution in [1.82, 2.24) is 0 Å². The van der Waals surface area contributed by atoms with Crippen molar-refractivity contribution in [1.29, 1.82) is 0 Å². The minimum Gasteiger partial charge on any atom is -0.456 e. The van der Waals surface area contributed by atoms with Crippen LogP contribution in [0, 0.1) is 0 Å². The highest BCUT2D eigenvalue weighted by atomic mass is 16.3. The summed E-state index contributed by atoms with van der Waals surface area (Å²) in [6.07, 6.45) is 0. The summed E-state index contributed by atoms with van der Waals surface area (Å²) in [4.78, 5) is 2.40. The Morgan fingerprint density at radius 2 is 0.951 bits per heavy atom. The molecule has 0 bridgehead atoms. The van der Waals surface area contributed by atoms with Crippen LogP contribution in [0.15, 0.2) is 201 Å². The average molecular weight is 784 g/mol. The fourth-order valence-electron chi connectivity index (χ4n) is 10.2. The number of hydrogen-bond donors (Lipinski definition) is 0. The first-order chi connectivity index (χ1) is 30.0. The van der Waals surface area contributed by atoms with E-state index < -0.39 is 0 Å². The maximum Gasteiger partial charge on any atom is 0.160 e. The summed E-state index contributed by atoms with van der Waals surface area (Å²) in [5.74, 6) is 0. The molecule has 0 saturated carbocycles. The number of para-hydroxylation sites is 3. The molecule has 3 aromatic heterocycles. The molecule has 0 spiro atoms. The van der Waals surface area contributed by atoms with Gasteiger partial charge in [-0.15, -0.1) is 0 Å². The Morgan fingerprint density at radius 3 is 1.79 bits per heavy atom. The molecule has 0 unspecified atom stereocenters. The first-order valence-electron chi connectivity index (χ1n) is 20.9. The second-order valence-corrected chi connectivity index (χ2v) is 16.8. The van der Waals surface area contributed by atoms with Gasteiger partial charge in [0.15, 0.2) is 5.58 Å². The molecule has 61 heavy (non-hydrogen) atoms. The summed E-state index contributed by atoms with van der Waals surface area (Å²) in [6.45, 7) is 4.68. The van der Waals surface area contributed by atoms with Gasteiger partial charge in [0.2, 0.25) is 0 Å². The lowest BCUT2D eigenvalue weighted by Gasteiger charge is -2.30. The third-order valence-electron chi connectivity index (χ3n) is 13.1. The Balaban J connectivity index is 1.15. The van der Waals surface area contributed by atoms with Gasteiger partial charge in [0.25, 0.3) is 0 Å². The van der Waals surface area contributed by atoms with E-state index in [-0.39, 0.29) is 5.41 Å². The van der Waals surface area contributed by atoms with Crippen molar-refractivity contribution in [2.24, 2.45) is 0 Å². The summed E-state index contributed by atoms with van der Waals surface area (Å²) < 4.78 is 20.4. The minimum absolute atomic E-state index is 0.202. The van der Waals surface area contributed by atoms with Crippen molar-refractivity contribution >= 4 is 82.9 Å². The molecule has 0 amide bonds. The highest BCUT2D eigenvalue weighted by molar-refractivity contribution is 6.28. The minimum atomic E-state index is -0.202. The van der Waals surface area contributed by atoms with Crippen molar-refractivity contribution in [2.45, 2.75) is 19.3 Å². The van der Waals surface area contributed by atoms with E-state index in [2.05, 4.69) is 176 Å². The van der Waals surface area contributed by atoms with Crippen molar-refractivity contribution in [3.8, 4) is 33.4 Å². The zero-order valence-corrected chi connectivity index (χ0v) is 33.6. The molecule has 9 aromatic carbocycles. The summed E-state index contributed by atoms with van der Waals surface area (Å²) in [6, 6.07) is 66.9. The van der Waals surface area contributed by atoms with Gasteiger partial charge in [-0.25, -0.2) is 0 Å². The molecule has 12 aromatic rings. The largest absolute Gasteiger partial charge is 0.456 e. The number of furan rings is 3. The average Bonchev–Trinajstić information content (AvgIpc) is 4.05. The van der Waals surface area contributed by atoms with Crippen LogP contribution in [-0.4, -0.2) is 0 Å². The van der Waals surface area contributed by atoms with Gasteiger partial charge in [0, 0.05) is 60.2 Å². The summed E-state index contributed by atoms with van der Waals surface area (Å²) in [7, 11) is 0. The fourth-order valence-corrected chi connectivity index (χ4v) is 10.2. The third kappa shape index (κ3) is 4.87. The summed E-state index contributed by atoms with van der Waals surface area (Å²) in [5, 5.41) is 6.34. The van der Waals surface area contributed by atoms with Crippen LogP contribution in [-0.2, 0) is 5.41 Å². The number of benzene rings is 9. The van der Waals surface area contributed by atoms with Gasteiger partial charge in [0.1, 0.15) is 27.9 Å². The van der Waals surface area contributed by atoms with E-state index in [9.17, 15) is 0 Å². The van der Waals surface area contributed by atoms with E-state index in [1.54, 1.807) is 0 Å². The van der Waals surface area contributed by atoms with Crippen LogP contribution in [0.4, 0.5) is 17.1 Å². The van der Waals surface area contributed by atoms with Gasteiger partial charge < -0.3 is 18.2 Å². The normalized spacial score (nSPS) is 13.2. The third-order valence-corrected chi connectivity index (χ3v) is 13.1. The maximum absolute atomic E-state index is 7.23. The van der Waals surface area contributed by atoms with Gasteiger partial charge in [0.05, 0.1) is 5.69 Å². The van der Waals surface area contributed by atoms with Crippen LogP contribution in [0.2, 0.25) is 0 Å². The number of fused-ring (bicyclic) bond motifs is 13. The Kier molecular flexibility index (Phi) is 7.04. The molecule has 288 valence electrons. The standard InChI is InChI=1S/C57H37NO3/c1-57(2)46-20-9-6-15-38(46)39-28-27-37(33-47(39)57)58(36-25-23-35(24-26-36)34-13-4-3-5-14-34)54-41(43-19-12-18-42-40-16-7-10-21-48(40)60-55(42)43)29-30-45-53-51(61-56(45)54)32-31-50-52(53)44-17-8-11-22-49(44)59-50/h3-33H,1-2H3. The second-order valence-electron chi connectivity index (χ2n) is 16.8. The Labute approximate surface area is 351 Å². The van der Waals surface area contributed by atoms with E-state index in [1.807, 2.05) is 30.3 Å². The van der Waals surface area contributed by atoms with Crippen LogP contribution < -0.4 is 4.90 Å². The van der Waals surface area contributed by atoms with Crippen LogP contribution in [0.3, 0.4) is 0 Å².